The second-order valence-electron chi connectivity index (χ2n) is 6.25. The molecule has 156 valence electrons. The molecule has 0 fully saturated rings. The summed E-state index contributed by atoms with van der Waals surface area (Å²) in [4.78, 5) is 41.0. The van der Waals surface area contributed by atoms with Crippen LogP contribution in [0.2, 0.25) is 0 Å². The molecule has 9 nitrogen and oxygen atoms in total. The third-order valence-corrected chi connectivity index (χ3v) is 4.32. The van der Waals surface area contributed by atoms with Crippen LogP contribution >= 0.6 is 0 Å². The average molecular weight is 411 g/mol. The molecular weight excluding hydrogens is 390 g/mol. The minimum atomic E-state index is -0.434. The maximum atomic E-state index is 12.8. The van der Waals surface area contributed by atoms with E-state index in [0.29, 0.717) is 33.7 Å². The van der Waals surface area contributed by atoms with E-state index in [1.54, 1.807) is 37.3 Å². The first-order valence-electron chi connectivity index (χ1n) is 9.15. The number of aromatic nitrogens is 2. The number of anilines is 1. The van der Waals surface area contributed by atoms with E-state index in [2.05, 4.69) is 10.3 Å². The summed E-state index contributed by atoms with van der Waals surface area (Å²) in [5, 5.41) is 2.99. The van der Waals surface area contributed by atoms with Gasteiger partial charge >= 0.3 is 5.97 Å². The van der Waals surface area contributed by atoms with Gasteiger partial charge in [0.25, 0.3) is 5.56 Å². The van der Waals surface area contributed by atoms with E-state index in [0.717, 1.165) is 0 Å². The normalized spacial score (nSPS) is 10.5. The van der Waals surface area contributed by atoms with E-state index >= 15 is 0 Å². The molecule has 9 heteroatoms. The number of methoxy groups -OCH3 is 2. The van der Waals surface area contributed by atoms with Gasteiger partial charge in [0.1, 0.15) is 6.54 Å². The van der Waals surface area contributed by atoms with Gasteiger partial charge < -0.3 is 19.5 Å². The van der Waals surface area contributed by atoms with Gasteiger partial charge in [0.2, 0.25) is 5.91 Å². The molecule has 3 aromatic rings. The number of nitrogens with one attached hydrogen (secondary N) is 1. The maximum absolute atomic E-state index is 12.8. The molecule has 30 heavy (non-hydrogen) atoms. The number of hydrogen-bond acceptors (Lipinski definition) is 7. The standard InChI is InChI=1S/C21H21N3O6/c1-4-30-21(27)13-5-7-14(8-6-13)23-19(25)11-24-12-22-16-10-18(29-3)17(28-2)9-15(16)20(24)26/h5-10,12H,4,11H2,1-3H3,(H,23,25). The fourth-order valence-corrected chi connectivity index (χ4v) is 2.86. The summed E-state index contributed by atoms with van der Waals surface area (Å²) in [6, 6.07) is 9.41. The lowest BCUT2D eigenvalue weighted by atomic mass is 10.2. The van der Waals surface area contributed by atoms with Crippen molar-refractivity contribution < 1.29 is 23.8 Å². The Balaban J connectivity index is 1.77. The summed E-state index contributed by atoms with van der Waals surface area (Å²) in [5.74, 6) is 0.00489. The van der Waals surface area contributed by atoms with E-state index in [-0.39, 0.29) is 18.7 Å². The molecule has 1 heterocycles. The zero-order valence-electron chi connectivity index (χ0n) is 16.8. The van der Waals surface area contributed by atoms with Crippen molar-refractivity contribution in [2.45, 2.75) is 13.5 Å². The molecule has 0 saturated carbocycles. The number of esters is 1. The largest absolute Gasteiger partial charge is 0.493 e. The Kier molecular flexibility index (Phi) is 6.31. The van der Waals surface area contributed by atoms with Crippen molar-refractivity contribution in [1.82, 2.24) is 9.55 Å². The van der Waals surface area contributed by atoms with Crippen LogP contribution < -0.4 is 20.3 Å². The number of fused-ring (bicyclic) bond motifs is 1. The Bertz CT molecular complexity index is 1140. The number of amides is 1. The molecule has 0 aliphatic heterocycles. The van der Waals surface area contributed by atoms with Crippen LogP contribution in [0, 0.1) is 0 Å². The van der Waals surface area contributed by atoms with Crippen molar-refractivity contribution in [3.8, 4) is 11.5 Å². The zero-order chi connectivity index (χ0) is 21.7. The Labute approximate surface area is 172 Å². The summed E-state index contributed by atoms with van der Waals surface area (Å²) in [5.41, 5.74) is 0.924. The van der Waals surface area contributed by atoms with Crippen LogP contribution in [0.3, 0.4) is 0 Å². The summed E-state index contributed by atoms with van der Waals surface area (Å²) in [6.07, 6.45) is 1.31. The first-order valence-corrected chi connectivity index (χ1v) is 9.15. The number of nitrogens with zero attached hydrogens (tertiary/aromatic N) is 2. The molecule has 0 atom stereocenters. The van der Waals surface area contributed by atoms with Gasteiger partial charge in [-0.2, -0.15) is 0 Å². The lowest BCUT2D eigenvalue weighted by Crippen LogP contribution is -2.28. The highest BCUT2D eigenvalue weighted by atomic mass is 16.5. The molecule has 1 N–H and O–H groups in total. The average Bonchev–Trinajstić information content (AvgIpc) is 2.75. The molecule has 3 rings (SSSR count). The highest BCUT2D eigenvalue weighted by Crippen LogP contribution is 2.29. The molecule has 0 aliphatic carbocycles. The number of benzene rings is 2. The zero-order valence-corrected chi connectivity index (χ0v) is 16.8. The van der Waals surface area contributed by atoms with E-state index in [4.69, 9.17) is 14.2 Å². The van der Waals surface area contributed by atoms with Gasteiger partial charge in [-0.05, 0) is 37.3 Å². The van der Waals surface area contributed by atoms with Gasteiger partial charge in [-0.1, -0.05) is 0 Å². The van der Waals surface area contributed by atoms with Crippen molar-refractivity contribution in [1.29, 1.82) is 0 Å². The van der Waals surface area contributed by atoms with Gasteiger partial charge in [0.05, 0.1) is 43.6 Å². The predicted molar refractivity (Wildman–Crippen MR) is 110 cm³/mol. The van der Waals surface area contributed by atoms with Gasteiger partial charge in [0, 0.05) is 11.8 Å². The van der Waals surface area contributed by atoms with Gasteiger partial charge in [-0.3, -0.25) is 14.2 Å². The third kappa shape index (κ3) is 4.40. The van der Waals surface area contributed by atoms with Crippen LogP contribution in [-0.2, 0) is 16.1 Å². The minimum Gasteiger partial charge on any atom is -0.493 e. The van der Waals surface area contributed by atoms with E-state index in [9.17, 15) is 14.4 Å². The topological polar surface area (TPSA) is 109 Å². The summed E-state index contributed by atoms with van der Waals surface area (Å²) < 4.78 is 16.6. The van der Waals surface area contributed by atoms with Crippen LogP contribution in [0.15, 0.2) is 47.5 Å². The van der Waals surface area contributed by atoms with Crippen LogP contribution in [0.1, 0.15) is 17.3 Å². The molecular formula is C21H21N3O6. The molecule has 0 saturated heterocycles. The van der Waals surface area contributed by atoms with Crippen molar-refractivity contribution in [3.05, 3.63) is 58.6 Å². The Morgan fingerprint density at radius 3 is 2.37 bits per heavy atom. The lowest BCUT2D eigenvalue weighted by Gasteiger charge is -2.11. The maximum Gasteiger partial charge on any atom is 0.338 e. The fraction of sp³-hybridized carbons (Fsp3) is 0.238. The first kappa shape index (κ1) is 20.8. The van der Waals surface area contributed by atoms with Crippen LogP contribution in [0.5, 0.6) is 11.5 Å². The monoisotopic (exact) mass is 411 g/mol. The van der Waals surface area contributed by atoms with Gasteiger partial charge in [-0.15, -0.1) is 0 Å². The molecule has 0 unspecified atom stereocenters. The van der Waals surface area contributed by atoms with Crippen molar-refractivity contribution >= 4 is 28.5 Å². The Morgan fingerprint density at radius 1 is 1.07 bits per heavy atom. The molecule has 0 radical (unpaired) electrons. The number of carbonyl (C=O) groups is 2. The molecule has 2 aromatic carbocycles. The number of rotatable bonds is 7. The number of ether oxygens (including phenoxy) is 3. The van der Waals surface area contributed by atoms with Gasteiger partial charge in [0.15, 0.2) is 11.5 Å². The SMILES string of the molecule is CCOC(=O)c1ccc(NC(=O)Cn2cnc3cc(OC)c(OC)cc3c2=O)cc1. The molecule has 0 spiro atoms. The molecule has 1 amide bonds. The van der Waals surface area contributed by atoms with E-state index in [1.807, 2.05) is 0 Å². The first-order chi connectivity index (χ1) is 14.5. The molecule has 0 bridgehead atoms. The quantitative estimate of drug-likeness (QED) is 0.594. The van der Waals surface area contributed by atoms with Crippen LogP contribution in [-0.4, -0.2) is 42.3 Å². The number of hydrogen-bond donors (Lipinski definition) is 1. The second kappa shape index (κ2) is 9.08. The van der Waals surface area contributed by atoms with E-state index < -0.39 is 11.9 Å². The van der Waals surface area contributed by atoms with Crippen molar-refractivity contribution in [2.24, 2.45) is 0 Å². The van der Waals surface area contributed by atoms with Crippen molar-refractivity contribution in [2.75, 3.05) is 26.1 Å². The van der Waals surface area contributed by atoms with E-state index in [1.165, 1.54) is 31.2 Å². The smallest absolute Gasteiger partial charge is 0.338 e. The highest BCUT2D eigenvalue weighted by molar-refractivity contribution is 5.93. The third-order valence-electron chi connectivity index (χ3n) is 4.32. The predicted octanol–water partition coefficient (Wildman–Crippen LogP) is 2.23. The summed E-state index contributed by atoms with van der Waals surface area (Å²) in [7, 11) is 2.97. The number of carbonyl (C=O) groups excluding carboxylic acids is 2. The highest BCUT2D eigenvalue weighted by Gasteiger charge is 2.13. The minimum absolute atomic E-state index is 0.226. The van der Waals surface area contributed by atoms with Crippen molar-refractivity contribution in [3.63, 3.8) is 0 Å². The Hall–Kier alpha value is -3.88. The molecule has 0 aliphatic rings. The Morgan fingerprint density at radius 2 is 1.73 bits per heavy atom. The fourth-order valence-electron chi connectivity index (χ4n) is 2.86. The lowest BCUT2D eigenvalue weighted by molar-refractivity contribution is -0.116. The second-order valence-corrected chi connectivity index (χ2v) is 6.25. The van der Waals surface area contributed by atoms with Gasteiger partial charge in [-0.25, -0.2) is 9.78 Å². The summed E-state index contributed by atoms with van der Waals surface area (Å²) >= 11 is 0. The van der Waals surface area contributed by atoms with Crippen LogP contribution in [0.4, 0.5) is 5.69 Å². The molecule has 1 aromatic heterocycles. The summed E-state index contributed by atoms with van der Waals surface area (Å²) in [6.45, 7) is 1.78. The van der Waals surface area contributed by atoms with Crippen LogP contribution in [0.25, 0.3) is 10.9 Å².